The zero-order chi connectivity index (χ0) is 12.4. The van der Waals surface area contributed by atoms with Crippen molar-refractivity contribution in [3.8, 4) is 0 Å². The summed E-state index contributed by atoms with van der Waals surface area (Å²) in [4.78, 5) is 22.4. The Kier molecular flexibility index (Phi) is 2.99. The minimum atomic E-state index is -0.835. The van der Waals surface area contributed by atoms with E-state index < -0.39 is 5.97 Å². The summed E-state index contributed by atoms with van der Waals surface area (Å²) >= 11 is 0. The Hall–Kier alpha value is -2.04. The van der Waals surface area contributed by atoms with Crippen LogP contribution in [0.3, 0.4) is 0 Å². The molecule has 0 bridgehead atoms. The fraction of sp³-hybridized carbons (Fsp3) is 0.333. The number of imidazole rings is 1. The number of carboxylic acids is 1. The maximum Gasteiger partial charge on any atom is 0.328 e. The third kappa shape index (κ3) is 2.08. The number of aliphatic carboxylic acids is 1. The first-order valence-electron chi connectivity index (χ1n) is 5.47. The van der Waals surface area contributed by atoms with Crippen LogP contribution in [-0.2, 0) is 18.4 Å². The molecule has 1 aromatic carbocycles. The molecule has 0 amide bonds. The highest BCUT2D eigenvalue weighted by Crippen LogP contribution is 2.12. The molecule has 0 spiro atoms. The van der Waals surface area contributed by atoms with Crippen molar-refractivity contribution in [3.63, 3.8) is 0 Å². The van der Waals surface area contributed by atoms with Gasteiger partial charge in [-0.1, -0.05) is 12.1 Å². The number of nitrogens with zero attached hydrogens (tertiary/aromatic N) is 2. The second-order valence-corrected chi connectivity index (χ2v) is 3.98. The van der Waals surface area contributed by atoms with Crippen LogP contribution < -0.4 is 5.69 Å². The summed E-state index contributed by atoms with van der Waals surface area (Å²) in [5, 5.41) is 8.59. The van der Waals surface area contributed by atoms with E-state index in [1.54, 1.807) is 16.2 Å². The highest BCUT2D eigenvalue weighted by molar-refractivity contribution is 5.75. The maximum absolute atomic E-state index is 11.9. The molecule has 0 saturated carbocycles. The molecule has 0 fully saturated rings. The number of aryl methyl sites for hydroxylation is 2. The molecular formula is C12H14N2O3. The minimum absolute atomic E-state index is 0.0790. The number of carbonyl (C=O) groups is 1. The van der Waals surface area contributed by atoms with Gasteiger partial charge in [-0.25, -0.2) is 4.79 Å². The Morgan fingerprint density at radius 1 is 1.29 bits per heavy atom. The van der Waals surface area contributed by atoms with Crippen molar-refractivity contribution in [2.75, 3.05) is 0 Å². The van der Waals surface area contributed by atoms with E-state index in [0.717, 1.165) is 11.0 Å². The van der Waals surface area contributed by atoms with E-state index >= 15 is 0 Å². The van der Waals surface area contributed by atoms with Gasteiger partial charge in [-0.3, -0.25) is 13.9 Å². The lowest BCUT2D eigenvalue weighted by Gasteiger charge is -2.00. The van der Waals surface area contributed by atoms with E-state index in [4.69, 9.17) is 5.11 Å². The molecule has 5 nitrogen and oxygen atoms in total. The van der Waals surface area contributed by atoms with Gasteiger partial charge in [0.2, 0.25) is 0 Å². The zero-order valence-electron chi connectivity index (χ0n) is 9.59. The Bertz CT molecular complexity index is 610. The Labute approximate surface area is 97.9 Å². The number of hydrogen-bond acceptors (Lipinski definition) is 2. The predicted octanol–water partition coefficient (Wildman–Crippen LogP) is 1.20. The standard InChI is InChI=1S/C12H14N2O3/c1-13-9-5-2-3-6-10(9)14(12(13)17)8-4-7-11(15)16/h2-3,5-6H,4,7-8H2,1H3,(H,15,16). The molecule has 90 valence electrons. The topological polar surface area (TPSA) is 64.2 Å². The molecule has 0 radical (unpaired) electrons. The van der Waals surface area contributed by atoms with Crippen molar-refractivity contribution < 1.29 is 9.90 Å². The van der Waals surface area contributed by atoms with Crippen molar-refractivity contribution in [2.24, 2.45) is 7.05 Å². The minimum Gasteiger partial charge on any atom is -0.481 e. The maximum atomic E-state index is 11.9. The normalized spacial score (nSPS) is 10.9. The van der Waals surface area contributed by atoms with Crippen LogP contribution in [0.4, 0.5) is 0 Å². The molecule has 0 aliphatic rings. The van der Waals surface area contributed by atoms with Gasteiger partial charge in [0.15, 0.2) is 0 Å². The molecule has 17 heavy (non-hydrogen) atoms. The molecule has 2 aromatic rings. The van der Waals surface area contributed by atoms with Crippen molar-refractivity contribution in [1.29, 1.82) is 0 Å². The molecule has 0 aliphatic heterocycles. The lowest BCUT2D eigenvalue weighted by atomic mass is 10.3. The second kappa shape index (κ2) is 4.45. The summed E-state index contributed by atoms with van der Waals surface area (Å²) in [6.07, 6.45) is 0.541. The number of para-hydroxylation sites is 2. The first-order valence-corrected chi connectivity index (χ1v) is 5.47. The first-order chi connectivity index (χ1) is 8.11. The molecule has 0 saturated heterocycles. The van der Waals surface area contributed by atoms with E-state index in [2.05, 4.69) is 0 Å². The quantitative estimate of drug-likeness (QED) is 0.864. The van der Waals surface area contributed by atoms with Gasteiger partial charge in [0, 0.05) is 20.0 Å². The largest absolute Gasteiger partial charge is 0.481 e. The molecule has 2 rings (SSSR count). The van der Waals surface area contributed by atoms with E-state index in [1.807, 2.05) is 24.3 Å². The first kappa shape index (κ1) is 11.4. The van der Waals surface area contributed by atoms with Crippen LogP contribution in [0.1, 0.15) is 12.8 Å². The average Bonchev–Trinajstić information content (AvgIpc) is 2.54. The fourth-order valence-electron chi connectivity index (χ4n) is 1.97. The Balaban J connectivity index is 2.36. The third-order valence-corrected chi connectivity index (χ3v) is 2.82. The highest BCUT2D eigenvalue weighted by atomic mass is 16.4. The van der Waals surface area contributed by atoms with Gasteiger partial charge in [0.1, 0.15) is 0 Å². The zero-order valence-corrected chi connectivity index (χ0v) is 9.59. The second-order valence-electron chi connectivity index (χ2n) is 3.98. The Morgan fingerprint density at radius 3 is 2.59 bits per heavy atom. The number of fused-ring (bicyclic) bond motifs is 1. The number of hydrogen-bond donors (Lipinski definition) is 1. The van der Waals surface area contributed by atoms with Crippen molar-refractivity contribution in [2.45, 2.75) is 19.4 Å². The molecule has 0 aliphatic carbocycles. The molecule has 0 unspecified atom stereocenters. The fourth-order valence-corrected chi connectivity index (χ4v) is 1.97. The summed E-state index contributed by atoms with van der Waals surface area (Å²) < 4.78 is 3.20. The smallest absolute Gasteiger partial charge is 0.328 e. The average molecular weight is 234 g/mol. The van der Waals surface area contributed by atoms with Gasteiger partial charge in [0.25, 0.3) is 0 Å². The van der Waals surface area contributed by atoms with Crippen LogP contribution in [0.2, 0.25) is 0 Å². The lowest BCUT2D eigenvalue weighted by Crippen LogP contribution is -2.22. The van der Waals surface area contributed by atoms with Crippen LogP contribution in [0.15, 0.2) is 29.1 Å². The summed E-state index contributed by atoms with van der Waals surface area (Å²) in [6, 6.07) is 7.50. The number of benzene rings is 1. The molecule has 0 atom stereocenters. The van der Waals surface area contributed by atoms with Gasteiger partial charge < -0.3 is 5.11 Å². The van der Waals surface area contributed by atoms with Crippen molar-refractivity contribution in [3.05, 3.63) is 34.7 Å². The molecular weight excluding hydrogens is 220 g/mol. The summed E-state index contributed by atoms with van der Waals surface area (Å²) in [5.74, 6) is -0.835. The van der Waals surface area contributed by atoms with E-state index in [9.17, 15) is 9.59 Å². The Morgan fingerprint density at radius 2 is 1.94 bits per heavy atom. The van der Waals surface area contributed by atoms with Gasteiger partial charge >= 0.3 is 11.7 Å². The summed E-state index contributed by atoms with van der Waals surface area (Å²) in [5.41, 5.74) is 1.62. The summed E-state index contributed by atoms with van der Waals surface area (Å²) in [7, 11) is 1.72. The SMILES string of the molecule is Cn1c(=O)n(CCCC(=O)O)c2ccccc21. The van der Waals surface area contributed by atoms with Crippen LogP contribution in [-0.4, -0.2) is 20.2 Å². The van der Waals surface area contributed by atoms with E-state index in [-0.39, 0.29) is 12.1 Å². The molecule has 1 aromatic heterocycles. The predicted molar refractivity (Wildman–Crippen MR) is 64.0 cm³/mol. The molecule has 5 heteroatoms. The van der Waals surface area contributed by atoms with Gasteiger partial charge in [-0.15, -0.1) is 0 Å². The number of aromatic nitrogens is 2. The lowest BCUT2D eigenvalue weighted by molar-refractivity contribution is -0.137. The number of rotatable bonds is 4. The van der Waals surface area contributed by atoms with Crippen LogP contribution >= 0.6 is 0 Å². The number of carboxylic acid groups (broad SMARTS) is 1. The van der Waals surface area contributed by atoms with Crippen molar-refractivity contribution >= 4 is 17.0 Å². The van der Waals surface area contributed by atoms with Crippen LogP contribution in [0, 0.1) is 0 Å². The van der Waals surface area contributed by atoms with Crippen LogP contribution in [0.5, 0.6) is 0 Å². The van der Waals surface area contributed by atoms with Crippen LogP contribution in [0.25, 0.3) is 11.0 Å². The van der Waals surface area contributed by atoms with E-state index in [0.29, 0.717) is 13.0 Å². The monoisotopic (exact) mass is 234 g/mol. The highest BCUT2D eigenvalue weighted by Gasteiger charge is 2.09. The van der Waals surface area contributed by atoms with Gasteiger partial charge in [-0.05, 0) is 18.6 Å². The third-order valence-electron chi connectivity index (χ3n) is 2.82. The van der Waals surface area contributed by atoms with Gasteiger partial charge in [-0.2, -0.15) is 0 Å². The van der Waals surface area contributed by atoms with Crippen molar-refractivity contribution in [1.82, 2.24) is 9.13 Å². The van der Waals surface area contributed by atoms with Gasteiger partial charge in [0.05, 0.1) is 11.0 Å². The summed E-state index contributed by atoms with van der Waals surface area (Å²) in [6.45, 7) is 0.437. The van der Waals surface area contributed by atoms with E-state index in [1.165, 1.54) is 0 Å². The molecule has 1 heterocycles. The molecule has 1 N–H and O–H groups in total.